The number of rotatable bonds is 4. The molecular formula is C9H11Br2NOS. The molecule has 1 amide bonds. The van der Waals surface area contributed by atoms with Crippen molar-refractivity contribution < 1.29 is 4.79 Å². The molecule has 0 radical (unpaired) electrons. The van der Waals surface area contributed by atoms with Gasteiger partial charge in [-0.15, -0.1) is 11.3 Å². The Morgan fingerprint density at radius 2 is 2.36 bits per heavy atom. The Hall–Kier alpha value is 0.130. The van der Waals surface area contributed by atoms with Crippen LogP contribution in [0.2, 0.25) is 0 Å². The SMILES string of the molecule is CN(Cc1csc(Br)c1)C(=O)CCBr. The predicted molar refractivity (Wildman–Crippen MR) is 66.9 cm³/mol. The monoisotopic (exact) mass is 339 g/mol. The number of alkyl halides is 1. The highest BCUT2D eigenvalue weighted by molar-refractivity contribution is 9.11. The number of carbonyl (C=O) groups is 1. The molecule has 0 aliphatic carbocycles. The maximum absolute atomic E-state index is 11.4. The first-order valence-electron chi connectivity index (χ1n) is 4.16. The summed E-state index contributed by atoms with van der Waals surface area (Å²) in [7, 11) is 1.83. The van der Waals surface area contributed by atoms with Crippen molar-refractivity contribution in [2.24, 2.45) is 0 Å². The number of carbonyl (C=O) groups excluding carboxylic acids is 1. The summed E-state index contributed by atoms with van der Waals surface area (Å²) in [5, 5.41) is 2.78. The van der Waals surface area contributed by atoms with Crippen LogP contribution in [0.4, 0.5) is 0 Å². The fourth-order valence-electron chi connectivity index (χ4n) is 1.06. The molecule has 1 rings (SSSR count). The van der Waals surface area contributed by atoms with Gasteiger partial charge in [0.25, 0.3) is 0 Å². The molecule has 1 heterocycles. The molecule has 14 heavy (non-hydrogen) atoms. The molecule has 0 saturated heterocycles. The summed E-state index contributed by atoms with van der Waals surface area (Å²) in [6, 6.07) is 2.04. The number of halogens is 2. The van der Waals surface area contributed by atoms with E-state index in [1.54, 1.807) is 16.2 Å². The third-order valence-electron chi connectivity index (χ3n) is 1.78. The molecule has 2 nitrogen and oxygen atoms in total. The summed E-state index contributed by atoms with van der Waals surface area (Å²) in [5.41, 5.74) is 1.17. The normalized spacial score (nSPS) is 10.2. The highest BCUT2D eigenvalue weighted by Crippen LogP contribution is 2.21. The van der Waals surface area contributed by atoms with Gasteiger partial charge in [0.15, 0.2) is 0 Å². The van der Waals surface area contributed by atoms with Crippen LogP contribution in [0.3, 0.4) is 0 Å². The Balaban J connectivity index is 2.48. The van der Waals surface area contributed by atoms with Gasteiger partial charge in [0.2, 0.25) is 5.91 Å². The molecule has 1 aromatic rings. The molecule has 0 aliphatic heterocycles. The van der Waals surface area contributed by atoms with E-state index in [0.29, 0.717) is 13.0 Å². The highest BCUT2D eigenvalue weighted by Gasteiger charge is 2.08. The maximum Gasteiger partial charge on any atom is 0.223 e. The van der Waals surface area contributed by atoms with Gasteiger partial charge in [-0.2, -0.15) is 0 Å². The molecular weight excluding hydrogens is 330 g/mol. The summed E-state index contributed by atoms with van der Waals surface area (Å²) >= 11 is 8.29. The summed E-state index contributed by atoms with van der Waals surface area (Å²) in [5.74, 6) is 0.171. The average Bonchev–Trinajstić information content (AvgIpc) is 2.51. The second-order valence-corrected chi connectivity index (χ2v) is 6.03. The summed E-state index contributed by atoms with van der Waals surface area (Å²) in [6.07, 6.45) is 0.557. The molecule has 0 aliphatic rings. The van der Waals surface area contributed by atoms with Gasteiger partial charge in [0.05, 0.1) is 3.79 Å². The van der Waals surface area contributed by atoms with Gasteiger partial charge in [-0.3, -0.25) is 4.79 Å². The lowest BCUT2D eigenvalue weighted by atomic mass is 10.3. The van der Waals surface area contributed by atoms with E-state index in [1.807, 2.05) is 13.1 Å². The number of hydrogen-bond donors (Lipinski definition) is 0. The average molecular weight is 341 g/mol. The van der Waals surface area contributed by atoms with Crippen LogP contribution in [0.15, 0.2) is 15.2 Å². The lowest BCUT2D eigenvalue weighted by molar-refractivity contribution is -0.129. The molecule has 0 bridgehead atoms. The van der Waals surface area contributed by atoms with Crippen LogP contribution in [0.1, 0.15) is 12.0 Å². The van der Waals surface area contributed by atoms with Crippen molar-refractivity contribution in [3.8, 4) is 0 Å². The Kier molecular flexibility index (Phi) is 5.12. The van der Waals surface area contributed by atoms with Gasteiger partial charge < -0.3 is 4.90 Å². The van der Waals surface area contributed by atoms with Gasteiger partial charge in [-0.1, -0.05) is 15.9 Å². The van der Waals surface area contributed by atoms with E-state index in [-0.39, 0.29) is 5.91 Å². The van der Waals surface area contributed by atoms with Gasteiger partial charge in [0.1, 0.15) is 0 Å². The quantitative estimate of drug-likeness (QED) is 0.770. The van der Waals surface area contributed by atoms with Crippen molar-refractivity contribution in [2.45, 2.75) is 13.0 Å². The van der Waals surface area contributed by atoms with E-state index >= 15 is 0 Å². The summed E-state index contributed by atoms with van der Waals surface area (Å²) in [4.78, 5) is 13.2. The van der Waals surface area contributed by atoms with Gasteiger partial charge in [-0.25, -0.2) is 0 Å². The molecule has 0 N–H and O–H groups in total. The molecule has 0 aromatic carbocycles. The summed E-state index contributed by atoms with van der Waals surface area (Å²) < 4.78 is 1.11. The molecule has 78 valence electrons. The Morgan fingerprint density at radius 3 is 2.86 bits per heavy atom. The zero-order valence-electron chi connectivity index (χ0n) is 7.80. The van der Waals surface area contributed by atoms with Crippen molar-refractivity contribution in [3.05, 3.63) is 20.8 Å². The molecule has 5 heteroatoms. The van der Waals surface area contributed by atoms with Crippen LogP contribution in [-0.4, -0.2) is 23.2 Å². The van der Waals surface area contributed by atoms with E-state index in [1.165, 1.54) is 5.56 Å². The summed E-state index contributed by atoms with van der Waals surface area (Å²) in [6.45, 7) is 0.688. The van der Waals surface area contributed by atoms with E-state index in [0.717, 1.165) is 9.12 Å². The van der Waals surface area contributed by atoms with E-state index < -0.39 is 0 Å². The smallest absolute Gasteiger partial charge is 0.223 e. The van der Waals surface area contributed by atoms with Crippen LogP contribution in [0.5, 0.6) is 0 Å². The Labute approximate surface area is 105 Å². The van der Waals surface area contributed by atoms with Crippen molar-refractivity contribution in [2.75, 3.05) is 12.4 Å². The van der Waals surface area contributed by atoms with E-state index in [9.17, 15) is 4.79 Å². The predicted octanol–water partition coefficient (Wildman–Crippen LogP) is 3.25. The number of thiophene rings is 1. The fraction of sp³-hybridized carbons (Fsp3) is 0.444. The molecule has 0 fully saturated rings. The molecule has 0 unspecified atom stereocenters. The standard InChI is InChI=1S/C9H11Br2NOS/c1-12(9(13)2-3-10)5-7-4-8(11)14-6-7/h4,6H,2-3,5H2,1H3. The minimum Gasteiger partial charge on any atom is -0.341 e. The van der Waals surface area contributed by atoms with E-state index in [4.69, 9.17) is 0 Å². The van der Waals surface area contributed by atoms with Gasteiger partial charge in [-0.05, 0) is 32.9 Å². The fourth-order valence-corrected chi connectivity index (χ4v) is 2.60. The maximum atomic E-state index is 11.4. The first-order chi connectivity index (χ1) is 6.63. The van der Waals surface area contributed by atoms with Gasteiger partial charge in [0, 0.05) is 25.3 Å². The topological polar surface area (TPSA) is 20.3 Å². The molecule has 0 saturated carbocycles. The van der Waals surface area contributed by atoms with Crippen LogP contribution in [0.25, 0.3) is 0 Å². The molecule has 1 aromatic heterocycles. The van der Waals surface area contributed by atoms with Crippen molar-refractivity contribution in [3.63, 3.8) is 0 Å². The molecule has 0 atom stereocenters. The largest absolute Gasteiger partial charge is 0.341 e. The third kappa shape index (κ3) is 3.71. The zero-order valence-corrected chi connectivity index (χ0v) is 11.8. The minimum atomic E-state index is 0.171. The Morgan fingerprint density at radius 1 is 1.64 bits per heavy atom. The third-order valence-corrected chi connectivity index (χ3v) is 3.73. The zero-order chi connectivity index (χ0) is 10.6. The molecule has 0 spiro atoms. The van der Waals surface area contributed by atoms with Crippen molar-refractivity contribution in [1.82, 2.24) is 4.90 Å². The van der Waals surface area contributed by atoms with Crippen LogP contribution >= 0.6 is 43.2 Å². The van der Waals surface area contributed by atoms with Crippen molar-refractivity contribution in [1.29, 1.82) is 0 Å². The highest BCUT2D eigenvalue weighted by atomic mass is 79.9. The number of hydrogen-bond acceptors (Lipinski definition) is 2. The van der Waals surface area contributed by atoms with Crippen LogP contribution in [0, 0.1) is 0 Å². The van der Waals surface area contributed by atoms with Crippen LogP contribution < -0.4 is 0 Å². The second-order valence-electron chi connectivity index (χ2n) is 2.95. The van der Waals surface area contributed by atoms with Crippen molar-refractivity contribution >= 4 is 49.1 Å². The second kappa shape index (κ2) is 5.88. The Bertz CT molecular complexity index is 314. The van der Waals surface area contributed by atoms with Crippen LogP contribution in [-0.2, 0) is 11.3 Å². The minimum absolute atomic E-state index is 0.171. The first-order valence-corrected chi connectivity index (χ1v) is 6.95. The number of nitrogens with zero attached hydrogens (tertiary/aromatic N) is 1. The first kappa shape index (κ1) is 12.2. The lowest BCUT2D eigenvalue weighted by Gasteiger charge is -2.15. The lowest BCUT2D eigenvalue weighted by Crippen LogP contribution is -2.25. The van der Waals surface area contributed by atoms with Gasteiger partial charge >= 0.3 is 0 Å². The van der Waals surface area contributed by atoms with E-state index in [2.05, 4.69) is 37.2 Å². The number of amides is 1.